The summed E-state index contributed by atoms with van der Waals surface area (Å²) >= 11 is 0. The van der Waals surface area contributed by atoms with Crippen molar-refractivity contribution >= 4 is 64.7 Å². The van der Waals surface area contributed by atoms with Gasteiger partial charge in [0.05, 0.1) is 37.4 Å². The first-order chi connectivity index (χ1) is 32.1. The number of aromatic nitrogens is 3. The first-order valence-electron chi connectivity index (χ1n) is 19.8. The number of hydrogen-bond donors (Lipinski definition) is 10. The van der Waals surface area contributed by atoms with Gasteiger partial charge in [0.1, 0.15) is 28.7 Å². The average Bonchev–Trinajstić information content (AvgIpc) is 3.81. The number of phenolic OH excluding ortho intramolecular Hbond substituents is 2. The molecule has 4 amide bonds. The molecule has 0 aliphatic carbocycles. The summed E-state index contributed by atoms with van der Waals surface area (Å²) in [7, 11) is 2.45. The molecule has 0 fully saturated rings. The molecule has 0 saturated heterocycles. The van der Waals surface area contributed by atoms with Crippen molar-refractivity contribution in [1.29, 1.82) is 5.41 Å². The van der Waals surface area contributed by atoms with Gasteiger partial charge in [0.2, 0.25) is 5.91 Å². The van der Waals surface area contributed by atoms with Crippen molar-refractivity contribution < 1.29 is 53.9 Å². The van der Waals surface area contributed by atoms with Crippen molar-refractivity contribution in [1.82, 2.24) is 20.3 Å². The van der Waals surface area contributed by atoms with E-state index in [0.717, 1.165) is 17.8 Å². The van der Waals surface area contributed by atoms with Gasteiger partial charge in [-0.05, 0) is 91.4 Å². The van der Waals surface area contributed by atoms with Crippen molar-refractivity contribution in [3.05, 3.63) is 131 Å². The standard InChI is InChI=1S/C46H42N10O11/c1-24(20-25-4-14-31(57)15-5-25)42(60)49-28-12-8-27(9-13-28)43(61)52-35(21-30(22-47)53-48)45(63)50-29-10-6-26(7-11-29)36-23-56(55-54-36)37-19-17-32(38(58)41(37)67-3)44(62)51-34-18-16-33(46(64)65)39(59)40(34)66-2/h4-20,22-23,35,47,57-59H,21,48H2,1-3H3,(H,49,60)(H,50,63)(H,51,62)(H,52,61)(H,64,65)/b24-20+,47-22?,53-30-/t35-/m0/s1. The Kier molecular flexibility index (Phi) is 14.6. The van der Waals surface area contributed by atoms with Crippen molar-refractivity contribution in [3.63, 3.8) is 0 Å². The van der Waals surface area contributed by atoms with Crippen LogP contribution in [-0.2, 0) is 9.59 Å². The molecule has 5 aromatic carbocycles. The summed E-state index contributed by atoms with van der Waals surface area (Å²) < 4.78 is 11.8. The van der Waals surface area contributed by atoms with Crippen molar-refractivity contribution in [2.45, 2.75) is 19.4 Å². The zero-order chi connectivity index (χ0) is 48.4. The number of phenols is 3. The van der Waals surface area contributed by atoms with Crippen LogP contribution in [0.15, 0.2) is 114 Å². The van der Waals surface area contributed by atoms with Crippen molar-refractivity contribution in [2.75, 3.05) is 30.2 Å². The molecule has 6 aromatic rings. The molecule has 0 bridgehead atoms. The summed E-state index contributed by atoms with van der Waals surface area (Å²) in [5, 5.41) is 70.4. The lowest BCUT2D eigenvalue weighted by Crippen LogP contribution is -2.45. The highest BCUT2D eigenvalue weighted by Gasteiger charge is 2.26. The van der Waals surface area contributed by atoms with E-state index in [-0.39, 0.29) is 57.8 Å². The Balaban J connectivity index is 1.11. The molecule has 0 saturated carbocycles. The monoisotopic (exact) mass is 910 g/mol. The number of hydrogen-bond acceptors (Lipinski definition) is 15. The van der Waals surface area contributed by atoms with E-state index in [4.69, 9.17) is 20.7 Å². The minimum absolute atomic E-state index is 0.0298. The number of amides is 4. The molecule has 0 aliphatic heterocycles. The summed E-state index contributed by atoms with van der Waals surface area (Å²) in [4.78, 5) is 64.4. The van der Waals surface area contributed by atoms with Crippen LogP contribution in [0, 0.1) is 5.41 Å². The van der Waals surface area contributed by atoms with E-state index < -0.39 is 46.8 Å². The van der Waals surface area contributed by atoms with Crippen LogP contribution in [0.1, 0.15) is 50.0 Å². The summed E-state index contributed by atoms with van der Waals surface area (Å²) in [6, 6.07) is 22.6. The molecule has 1 heterocycles. The van der Waals surface area contributed by atoms with E-state index in [1.54, 1.807) is 49.4 Å². The van der Waals surface area contributed by atoms with Crippen LogP contribution in [0.4, 0.5) is 17.1 Å². The molecule has 0 unspecified atom stereocenters. The van der Waals surface area contributed by atoms with Crippen LogP contribution < -0.4 is 36.6 Å². The number of methoxy groups -OCH3 is 2. The third-order valence-electron chi connectivity index (χ3n) is 9.97. The van der Waals surface area contributed by atoms with Gasteiger partial charge in [0.15, 0.2) is 23.0 Å². The molecule has 11 N–H and O–H groups in total. The number of carboxylic acids is 1. The highest BCUT2D eigenvalue weighted by Crippen LogP contribution is 2.40. The summed E-state index contributed by atoms with van der Waals surface area (Å²) in [6.45, 7) is 1.63. The number of benzene rings is 5. The molecule has 1 aromatic heterocycles. The molecule has 0 spiro atoms. The number of carbonyl (C=O) groups excluding carboxylic acids is 4. The predicted octanol–water partition coefficient (Wildman–Crippen LogP) is 5.15. The maximum absolute atomic E-state index is 13.6. The third kappa shape index (κ3) is 11.0. The van der Waals surface area contributed by atoms with Crippen molar-refractivity contribution in [2.24, 2.45) is 10.9 Å². The molecular formula is C46H42N10O11. The van der Waals surface area contributed by atoms with Gasteiger partial charge in [-0.15, -0.1) is 5.10 Å². The number of rotatable bonds is 17. The van der Waals surface area contributed by atoms with E-state index in [1.165, 1.54) is 79.7 Å². The molecular weight excluding hydrogens is 869 g/mol. The van der Waals surface area contributed by atoms with Crippen LogP contribution >= 0.6 is 0 Å². The van der Waals surface area contributed by atoms with Gasteiger partial charge in [-0.1, -0.05) is 29.5 Å². The first kappa shape index (κ1) is 47.0. The van der Waals surface area contributed by atoms with Gasteiger partial charge in [-0.25, -0.2) is 9.48 Å². The quantitative estimate of drug-likeness (QED) is 0.0245. The highest BCUT2D eigenvalue weighted by molar-refractivity contribution is 6.30. The third-order valence-corrected chi connectivity index (χ3v) is 9.97. The number of nitrogens with one attached hydrogen (secondary N) is 5. The molecule has 67 heavy (non-hydrogen) atoms. The summed E-state index contributed by atoms with van der Waals surface area (Å²) in [6.07, 6.45) is 3.83. The first-order valence-corrected chi connectivity index (χ1v) is 19.8. The Hall–Kier alpha value is -9.53. The van der Waals surface area contributed by atoms with Crippen LogP contribution in [0.2, 0.25) is 0 Å². The van der Waals surface area contributed by atoms with Crippen LogP contribution in [0.3, 0.4) is 0 Å². The smallest absolute Gasteiger partial charge is 0.339 e. The van der Waals surface area contributed by atoms with Gasteiger partial charge >= 0.3 is 5.97 Å². The van der Waals surface area contributed by atoms with Gasteiger partial charge in [-0.3, -0.25) is 19.2 Å². The Labute approximate surface area is 380 Å². The van der Waals surface area contributed by atoms with Gasteiger partial charge in [0, 0.05) is 40.7 Å². The number of aromatic carboxylic acids is 1. The predicted molar refractivity (Wildman–Crippen MR) is 246 cm³/mol. The van der Waals surface area contributed by atoms with Gasteiger partial charge < -0.3 is 62.4 Å². The topological polar surface area (TPSA) is 326 Å². The second kappa shape index (κ2) is 20.8. The van der Waals surface area contributed by atoms with E-state index in [1.807, 2.05) is 0 Å². The van der Waals surface area contributed by atoms with Gasteiger partial charge in [-0.2, -0.15) is 5.10 Å². The molecule has 21 nitrogen and oxygen atoms in total. The van der Waals surface area contributed by atoms with E-state index in [9.17, 15) is 44.4 Å². The second-order valence-electron chi connectivity index (χ2n) is 14.4. The Morgan fingerprint density at radius 3 is 2.04 bits per heavy atom. The summed E-state index contributed by atoms with van der Waals surface area (Å²) in [5.41, 5.74) is 2.44. The van der Waals surface area contributed by atoms with Gasteiger partial charge in [0.25, 0.3) is 17.7 Å². The number of carboxylic acid groups (broad SMARTS) is 1. The molecule has 0 radical (unpaired) electrons. The zero-order valence-electron chi connectivity index (χ0n) is 35.8. The SMILES string of the molecule is COc1c(NC(=O)c2ccc(-n3cc(-c4ccc(NC(=O)[C@H](C/C(C=N)=N/N)NC(=O)c5ccc(NC(=O)/C(C)=C/c6ccc(O)cc6)cc5)cc4)nn3)c(OC)c2O)ccc(C(=O)O)c1O. The normalized spacial score (nSPS) is 11.7. The number of carbonyl (C=O) groups is 5. The lowest BCUT2D eigenvalue weighted by atomic mass is 10.1. The van der Waals surface area contributed by atoms with Crippen LogP contribution in [-0.4, -0.2) is 97.2 Å². The molecule has 342 valence electrons. The fourth-order valence-electron chi connectivity index (χ4n) is 6.46. The maximum atomic E-state index is 13.6. The lowest BCUT2D eigenvalue weighted by molar-refractivity contribution is -0.117. The Bertz CT molecular complexity index is 2930. The largest absolute Gasteiger partial charge is 0.508 e. The average molecular weight is 911 g/mol. The number of anilines is 3. The highest BCUT2D eigenvalue weighted by atomic mass is 16.5. The zero-order valence-corrected chi connectivity index (χ0v) is 35.8. The minimum Gasteiger partial charge on any atom is -0.508 e. The van der Waals surface area contributed by atoms with E-state index >= 15 is 0 Å². The molecule has 6 rings (SSSR count). The van der Waals surface area contributed by atoms with Crippen LogP contribution in [0.5, 0.6) is 28.7 Å². The Morgan fingerprint density at radius 1 is 0.791 bits per heavy atom. The van der Waals surface area contributed by atoms with E-state index in [0.29, 0.717) is 28.2 Å². The number of hydrazone groups is 1. The number of nitrogens with zero attached hydrogens (tertiary/aromatic N) is 4. The maximum Gasteiger partial charge on any atom is 0.339 e. The molecule has 1 atom stereocenters. The fourth-order valence-corrected chi connectivity index (χ4v) is 6.46. The number of nitrogens with two attached hydrogens (primary N) is 1. The molecule has 0 aliphatic rings. The fraction of sp³-hybridized carbons (Fsp3) is 0.109. The van der Waals surface area contributed by atoms with Crippen molar-refractivity contribution in [3.8, 4) is 45.7 Å². The van der Waals surface area contributed by atoms with E-state index in [2.05, 4.69) is 36.7 Å². The molecule has 21 heteroatoms. The number of ether oxygens (including phenoxy) is 2. The lowest BCUT2D eigenvalue weighted by Gasteiger charge is -2.18. The summed E-state index contributed by atoms with van der Waals surface area (Å²) in [5.74, 6) is -0.0867. The second-order valence-corrected chi connectivity index (χ2v) is 14.4. The number of aromatic hydroxyl groups is 3. The van der Waals surface area contributed by atoms with Crippen LogP contribution in [0.25, 0.3) is 23.0 Å². The minimum atomic E-state index is -1.41. The Morgan fingerprint density at radius 2 is 1.42 bits per heavy atom.